The molecule has 4 heterocycles. The number of aryl methyl sites for hydroxylation is 1. The largest absolute Gasteiger partial charge is 0.470 e. The standard InChI is InChI=1S/C25H26N4O2/c1-16-20-22(28(26-16)18-11-7-5-8-12-18)30-25(4)15-24(20,3)31-23-21(25)17(2)27-29(23)19-13-9-6-10-14-19/h5-14,20,22H,15H2,1-4H3/t20-,22-,24+,25-/m0/s1. The van der Waals surface area contributed by atoms with Crippen molar-refractivity contribution in [1.29, 1.82) is 0 Å². The molecule has 6 nitrogen and oxygen atoms in total. The first kappa shape index (κ1) is 18.6. The Labute approximate surface area is 182 Å². The monoisotopic (exact) mass is 414 g/mol. The minimum absolute atomic E-state index is 0.0216. The molecule has 1 fully saturated rings. The summed E-state index contributed by atoms with van der Waals surface area (Å²) in [6.07, 6.45) is 0.532. The molecule has 4 atom stereocenters. The average molecular weight is 415 g/mol. The van der Waals surface area contributed by atoms with E-state index in [9.17, 15) is 0 Å². The molecule has 0 unspecified atom stereocenters. The molecule has 2 bridgehead atoms. The van der Waals surface area contributed by atoms with E-state index in [4.69, 9.17) is 19.7 Å². The van der Waals surface area contributed by atoms with E-state index in [0.717, 1.165) is 40.6 Å². The molecular weight excluding hydrogens is 388 g/mol. The van der Waals surface area contributed by atoms with Gasteiger partial charge in [0.25, 0.3) is 0 Å². The normalized spacial score (nSPS) is 31.0. The molecule has 0 radical (unpaired) electrons. The number of rotatable bonds is 2. The van der Waals surface area contributed by atoms with Crippen LogP contribution in [0, 0.1) is 12.8 Å². The SMILES string of the molecule is CC1=NN(c2ccccc2)[C@H]2O[C@@]3(C)C[C@@](C)(Oc4c3c(C)nn4-c3ccccc3)[C@@H]12. The van der Waals surface area contributed by atoms with Gasteiger partial charge in [0.15, 0.2) is 6.23 Å². The van der Waals surface area contributed by atoms with Crippen molar-refractivity contribution in [3.05, 3.63) is 71.9 Å². The predicted octanol–water partition coefficient (Wildman–Crippen LogP) is 4.81. The second-order valence-electron chi connectivity index (χ2n) is 9.24. The van der Waals surface area contributed by atoms with Gasteiger partial charge in [-0.15, -0.1) is 0 Å². The van der Waals surface area contributed by atoms with E-state index in [2.05, 4.69) is 32.9 Å². The Balaban J connectivity index is 1.50. The van der Waals surface area contributed by atoms with Crippen molar-refractivity contribution < 1.29 is 9.47 Å². The lowest BCUT2D eigenvalue weighted by atomic mass is 9.70. The van der Waals surface area contributed by atoms with Gasteiger partial charge in [0.1, 0.15) is 11.2 Å². The zero-order valence-electron chi connectivity index (χ0n) is 18.2. The minimum atomic E-state index is -0.520. The van der Waals surface area contributed by atoms with Gasteiger partial charge in [0, 0.05) is 12.1 Å². The number of benzene rings is 2. The summed E-state index contributed by atoms with van der Waals surface area (Å²) in [5.41, 5.74) is 4.03. The fraction of sp³-hybridized carbons (Fsp3) is 0.360. The minimum Gasteiger partial charge on any atom is -0.470 e. The molecular formula is C25H26N4O2. The molecule has 0 N–H and O–H groups in total. The van der Waals surface area contributed by atoms with Crippen molar-refractivity contribution in [2.45, 2.75) is 51.5 Å². The van der Waals surface area contributed by atoms with Crippen molar-refractivity contribution in [2.75, 3.05) is 5.01 Å². The molecule has 0 aliphatic carbocycles. The molecule has 2 aromatic carbocycles. The Morgan fingerprint density at radius 2 is 1.58 bits per heavy atom. The van der Waals surface area contributed by atoms with Gasteiger partial charge in [0.2, 0.25) is 5.88 Å². The summed E-state index contributed by atoms with van der Waals surface area (Å²) in [6.45, 7) is 8.48. The number of hydrazone groups is 1. The van der Waals surface area contributed by atoms with Gasteiger partial charge in [-0.3, -0.25) is 0 Å². The molecule has 0 saturated carbocycles. The second-order valence-corrected chi connectivity index (χ2v) is 9.24. The van der Waals surface area contributed by atoms with Gasteiger partial charge >= 0.3 is 0 Å². The van der Waals surface area contributed by atoms with Crippen LogP contribution in [0.5, 0.6) is 5.88 Å². The fourth-order valence-corrected chi connectivity index (χ4v) is 5.79. The zero-order chi connectivity index (χ0) is 21.4. The van der Waals surface area contributed by atoms with Crippen LogP contribution in [0.1, 0.15) is 38.4 Å². The summed E-state index contributed by atoms with van der Waals surface area (Å²) in [5, 5.41) is 11.8. The topological polar surface area (TPSA) is 51.9 Å². The van der Waals surface area contributed by atoms with Crippen molar-refractivity contribution in [1.82, 2.24) is 9.78 Å². The predicted molar refractivity (Wildman–Crippen MR) is 120 cm³/mol. The van der Waals surface area contributed by atoms with Crippen LogP contribution in [0.4, 0.5) is 5.69 Å². The van der Waals surface area contributed by atoms with Crippen LogP contribution < -0.4 is 9.75 Å². The van der Waals surface area contributed by atoms with Gasteiger partial charge in [-0.25, -0.2) is 9.69 Å². The first-order valence-electron chi connectivity index (χ1n) is 10.8. The van der Waals surface area contributed by atoms with Crippen LogP contribution in [-0.2, 0) is 10.3 Å². The van der Waals surface area contributed by atoms with E-state index in [-0.39, 0.29) is 12.1 Å². The van der Waals surface area contributed by atoms with Gasteiger partial charge in [-0.1, -0.05) is 36.4 Å². The molecule has 158 valence electrons. The molecule has 1 aromatic heterocycles. The average Bonchev–Trinajstić information content (AvgIpc) is 3.26. The third kappa shape index (κ3) is 2.54. The fourth-order valence-electron chi connectivity index (χ4n) is 5.79. The van der Waals surface area contributed by atoms with Crippen LogP contribution in [0.25, 0.3) is 5.69 Å². The van der Waals surface area contributed by atoms with E-state index in [1.165, 1.54) is 0 Å². The third-order valence-corrected chi connectivity index (χ3v) is 6.87. The molecule has 3 aliphatic heterocycles. The van der Waals surface area contributed by atoms with E-state index < -0.39 is 11.2 Å². The number of aromatic nitrogens is 2. The molecule has 31 heavy (non-hydrogen) atoms. The van der Waals surface area contributed by atoms with Crippen LogP contribution in [0.2, 0.25) is 0 Å². The van der Waals surface area contributed by atoms with Crippen LogP contribution in [0.3, 0.4) is 0 Å². The van der Waals surface area contributed by atoms with Crippen LogP contribution >= 0.6 is 0 Å². The Hall–Kier alpha value is -3.12. The highest BCUT2D eigenvalue weighted by Crippen LogP contribution is 2.57. The lowest BCUT2D eigenvalue weighted by molar-refractivity contribution is -0.212. The van der Waals surface area contributed by atoms with E-state index in [0.29, 0.717) is 0 Å². The molecule has 3 aromatic rings. The zero-order valence-corrected chi connectivity index (χ0v) is 18.2. The van der Waals surface area contributed by atoms with Crippen molar-refractivity contribution in [3.63, 3.8) is 0 Å². The molecule has 1 saturated heterocycles. The highest BCUT2D eigenvalue weighted by Gasteiger charge is 2.63. The maximum atomic E-state index is 6.91. The molecule has 6 rings (SSSR count). The lowest BCUT2D eigenvalue weighted by Crippen LogP contribution is -2.63. The molecule has 0 spiro atoms. The number of nitrogens with zero attached hydrogens (tertiary/aromatic N) is 4. The van der Waals surface area contributed by atoms with E-state index in [1.54, 1.807) is 0 Å². The van der Waals surface area contributed by atoms with Gasteiger partial charge in [-0.2, -0.15) is 10.2 Å². The van der Waals surface area contributed by atoms with Gasteiger partial charge < -0.3 is 9.47 Å². The van der Waals surface area contributed by atoms with Gasteiger partial charge in [0.05, 0.1) is 28.6 Å². The quantitative estimate of drug-likeness (QED) is 0.604. The Morgan fingerprint density at radius 3 is 2.26 bits per heavy atom. The maximum Gasteiger partial charge on any atom is 0.223 e. The van der Waals surface area contributed by atoms with Crippen LogP contribution in [-0.4, -0.2) is 27.3 Å². The molecule has 3 aliphatic rings. The third-order valence-electron chi connectivity index (χ3n) is 6.87. The number of ether oxygens (including phenoxy) is 2. The summed E-state index contributed by atoms with van der Waals surface area (Å²) < 4.78 is 15.7. The van der Waals surface area contributed by atoms with Crippen LogP contribution in [0.15, 0.2) is 65.8 Å². The Kier molecular flexibility index (Phi) is 3.73. The summed E-state index contributed by atoms with van der Waals surface area (Å²) in [5.74, 6) is 0.803. The van der Waals surface area contributed by atoms with E-state index >= 15 is 0 Å². The summed E-state index contributed by atoms with van der Waals surface area (Å²) in [7, 11) is 0. The maximum absolute atomic E-state index is 6.91. The number of anilines is 1. The van der Waals surface area contributed by atoms with Crippen molar-refractivity contribution in [3.8, 4) is 11.6 Å². The first-order chi connectivity index (χ1) is 14.9. The highest BCUT2D eigenvalue weighted by atomic mass is 16.6. The van der Waals surface area contributed by atoms with E-state index in [1.807, 2.05) is 65.1 Å². The molecule has 6 heteroatoms. The number of hydrogen-bond donors (Lipinski definition) is 0. The number of hydrogen-bond acceptors (Lipinski definition) is 5. The first-order valence-corrected chi connectivity index (χ1v) is 10.8. The van der Waals surface area contributed by atoms with Crippen molar-refractivity contribution in [2.24, 2.45) is 11.0 Å². The number of para-hydroxylation sites is 2. The number of fused-ring (bicyclic) bond motifs is 6. The van der Waals surface area contributed by atoms with Crippen molar-refractivity contribution >= 4 is 11.4 Å². The smallest absolute Gasteiger partial charge is 0.223 e. The summed E-state index contributed by atoms with van der Waals surface area (Å²) in [6, 6.07) is 20.4. The molecule has 0 amide bonds. The lowest BCUT2D eigenvalue weighted by Gasteiger charge is -2.54. The summed E-state index contributed by atoms with van der Waals surface area (Å²) >= 11 is 0. The Bertz CT molecular complexity index is 1190. The summed E-state index contributed by atoms with van der Waals surface area (Å²) in [4.78, 5) is 0. The highest BCUT2D eigenvalue weighted by molar-refractivity contribution is 5.90. The second kappa shape index (κ2) is 6.20. The van der Waals surface area contributed by atoms with Gasteiger partial charge in [-0.05, 0) is 52.0 Å². The Morgan fingerprint density at radius 1 is 0.935 bits per heavy atom.